The third-order valence-corrected chi connectivity index (χ3v) is 5.09. The van der Waals surface area contributed by atoms with Crippen LogP contribution in [0.25, 0.3) is 16.4 Å². The minimum absolute atomic E-state index is 0.0951. The van der Waals surface area contributed by atoms with E-state index in [1.165, 1.54) is 11.3 Å². The van der Waals surface area contributed by atoms with Gasteiger partial charge in [-0.15, -0.1) is 11.3 Å². The third kappa shape index (κ3) is 4.64. The van der Waals surface area contributed by atoms with Crippen molar-refractivity contribution < 1.29 is 9.53 Å². The van der Waals surface area contributed by atoms with Crippen LogP contribution >= 0.6 is 22.9 Å². The van der Waals surface area contributed by atoms with Gasteiger partial charge in [-0.05, 0) is 31.2 Å². The largest absolute Gasteiger partial charge is 0.484 e. The molecular weight excluding hydrogens is 408 g/mol. The zero-order valence-electron chi connectivity index (χ0n) is 15.5. The lowest BCUT2D eigenvalue weighted by Crippen LogP contribution is -2.21. The van der Waals surface area contributed by atoms with E-state index >= 15 is 0 Å². The second kappa shape index (κ2) is 8.46. The molecule has 0 aliphatic carbocycles. The van der Waals surface area contributed by atoms with Crippen molar-refractivity contribution in [1.82, 2.24) is 14.8 Å². The Bertz CT molecular complexity index is 1120. The van der Waals surface area contributed by atoms with Crippen LogP contribution < -0.4 is 10.1 Å². The quantitative estimate of drug-likeness (QED) is 0.474. The average molecular weight is 425 g/mol. The maximum Gasteiger partial charge on any atom is 0.263 e. The summed E-state index contributed by atoms with van der Waals surface area (Å²) in [6.45, 7) is 1.77. The average Bonchev–Trinajstić information content (AvgIpc) is 3.34. The first-order valence-corrected chi connectivity index (χ1v) is 10.1. The predicted octanol–water partition coefficient (Wildman–Crippen LogP) is 4.98. The molecule has 6 nitrogen and oxygen atoms in total. The molecule has 0 fully saturated rings. The highest BCUT2D eigenvalue weighted by molar-refractivity contribution is 7.12. The summed E-state index contributed by atoms with van der Waals surface area (Å²) in [6.07, 6.45) is 0. The molecule has 2 aromatic carbocycles. The van der Waals surface area contributed by atoms with Gasteiger partial charge in [0.15, 0.2) is 6.61 Å². The van der Waals surface area contributed by atoms with Gasteiger partial charge in [0, 0.05) is 22.0 Å². The molecule has 2 aromatic heterocycles. The molecule has 0 unspecified atom stereocenters. The summed E-state index contributed by atoms with van der Waals surface area (Å²) in [5, 5.41) is 10.6. The van der Waals surface area contributed by atoms with E-state index in [2.05, 4.69) is 15.4 Å². The Morgan fingerprint density at radius 3 is 2.69 bits per heavy atom. The number of halogens is 1. The van der Waals surface area contributed by atoms with Crippen LogP contribution in [0, 0.1) is 6.92 Å². The molecule has 4 rings (SSSR count). The summed E-state index contributed by atoms with van der Waals surface area (Å²) in [6, 6.07) is 18.5. The van der Waals surface area contributed by atoms with E-state index in [4.69, 9.17) is 16.3 Å². The lowest BCUT2D eigenvalue weighted by Gasteiger charge is -2.08. The number of hydrogen-bond donors (Lipinski definition) is 1. The fourth-order valence-corrected chi connectivity index (χ4v) is 3.62. The second-order valence-electron chi connectivity index (χ2n) is 6.25. The Kier molecular flexibility index (Phi) is 5.59. The summed E-state index contributed by atoms with van der Waals surface area (Å²) in [4.78, 5) is 17.0. The van der Waals surface area contributed by atoms with Gasteiger partial charge < -0.3 is 10.1 Å². The maximum atomic E-state index is 12.3. The molecule has 1 amide bonds. The molecule has 0 radical (unpaired) electrons. The number of amides is 1. The number of ether oxygens (including phenoxy) is 1. The van der Waals surface area contributed by atoms with E-state index in [1.54, 1.807) is 22.9 Å². The molecular formula is C21H17ClN4O2S. The number of carbonyl (C=O) groups is 1. The lowest BCUT2D eigenvalue weighted by atomic mass is 10.2. The number of benzene rings is 2. The van der Waals surface area contributed by atoms with E-state index in [0.29, 0.717) is 21.7 Å². The highest BCUT2D eigenvalue weighted by atomic mass is 35.5. The normalized spacial score (nSPS) is 10.7. The van der Waals surface area contributed by atoms with Gasteiger partial charge >= 0.3 is 0 Å². The fourth-order valence-electron chi connectivity index (χ4n) is 2.69. The fraction of sp³-hybridized carbons (Fsp3) is 0.0952. The van der Waals surface area contributed by atoms with Crippen molar-refractivity contribution in [2.75, 3.05) is 11.9 Å². The summed E-state index contributed by atoms with van der Waals surface area (Å²) >= 11 is 7.39. The summed E-state index contributed by atoms with van der Waals surface area (Å²) in [7, 11) is 0. The summed E-state index contributed by atoms with van der Waals surface area (Å²) in [5.41, 5.74) is 2.55. The first-order chi connectivity index (χ1) is 14.1. The molecule has 0 aliphatic heterocycles. The van der Waals surface area contributed by atoms with Gasteiger partial charge in [-0.25, -0.2) is 4.98 Å². The van der Waals surface area contributed by atoms with Crippen LogP contribution in [0.15, 0.2) is 66.0 Å². The topological polar surface area (TPSA) is 69.0 Å². The Morgan fingerprint density at radius 2 is 1.93 bits per heavy atom. The van der Waals surface area contributed by atoms with Gasteiger partial charge in [-0.2, -0.15) is 9.78 Å². The van der Waals surface area contributed by atoms with Crippen molar-refractivity contribution in [3.05, 3.63) is 76.8 Å². The Balaban J connectivity index is 1.49. The van der Waals surface area contributed by atoms with Crippen LogP contribution in [0.4, 0.5) is 5.82 Å². The predicted molar refractivity (Wildman–Crippen MR) is 115 cm³/mol. The van der Waals surface area contributed by atoms with Crippen LogP contribution in [0.5, 0.6) is 5.75 Å². The Labute approximate surface area is 176 Å². The van der Waals surface area contributed by atoms with Crippen molar-refractivity contribution in [2.45, 2.75) is 6.92 Å². The molecule has 1 N–H and O–H groups in total. The van der Waals surface area contributed by atoms with Crippen LogP contribution in [0.1, 0.15) is 5.69 Å². The number of hydrogen-bond acceptors (Lipinski definition) is 5. The molecule has 0 bridgehead atoms. The number of para-hydroxylation sites is 1. The van der Waals surface area contributed by atoms with E-state index in [-0.39, 0.29) is 12.5 Å². The van der Waals surface area contributed by atoms with E-state index in [0.717, 1.165) is 17.0 Å². The SMILES string of the molecule is Cc1cc(NC(=O)COc2ccccc2)n(-c2nc(-c3ccc(Cl)cc3)cs2)n1. The number of thiazole rings is 1. The first-order valence-electron chi connectivity index (χ1n) is 8.85. The van der Waals surface area contributed by atoms with Gasteiger partial charge in [-0.3, -0.25) is 4.79 Å². The minimum Gasteiger partial charge on any atom is -0.484 e. The number of nitrogens with zero attached hydrogens (tertiary/aromatic N) is 3. The van der Waals surface area contributed by atoms with Gasteiger partial charge in [0.25, 0.3) is 5.91 Å². The molecule has 8 heteroatoms. The van der Waals surface area contributed by atoms with E-state index < -0.39 is 0 Å². The standard InChI is InChI=1S/C21H17ClN4O2S/c1-14-11-19(24-20(27)12-28-17-5-3-2-4-6-17)26(25-14)21-23-18(13-29-21)15-7-9-16(22)10-8-15/h2-11,13H,12H2,1H3,(H,24,27). The first kappa shape index (κ1) is 19.2. The molecule has 0 atom stereocenters. The Morgan fingerprint density at radius 1 is 1.17 bits per heavy atom. The molecule has 0 aliphatic rings. The van der Waals surface area contributed by atoms with Gasteiger partial charge in [-0.1, -0.05) is 41.9 Å². The van der Waals surface area contributed by atoms with E-state index in [1.807, 2.05) is 54.8 Å². The lowest BCUT2D eigenvalue weighted by molar-refractivity contribution is -0.118. The molecule has 2 heterocycles. The van der Waals surface area contributed by atoms with E-state index in [9.17, 15) is 4.79 Å². The summed E-state index contributed by atoms with van der Waals surface area (Å²) < 4.78 is 7.12. The van der Waals surface area contributed by atoms with Crippen molar-refractivity contribution in [3.63, 3.8) is 0 Å². The monoisotopic (exact) mass is 424 g/mol. The van der Waals surface area contributed by atoms with Crippen LogP contribution in [0.2, 0.25) is 5.02 Å². The van der Waals surface area contributed by atoms with Crippen molar-refractivity contribution in [1.29, 1.82) is 0 Å². The number of rotatable bonds is 6. The number of carbonyl (C=O) groups excluding carboxylic acids is 1. The van der Waals surface area contributed by atoms with Crippen LogP contribution in [-0.4, -0.2) is 27.3 Å². The highest BCUT2D eigenvalue weighted by Gasteiger charge is 2.15. The van der Waals surface area contributed by atoms with Crippen molar-refractivity contribution in [2.24, 2.45) is 0 Å². The molecule has 0 saturated carbocycles. The maximum absolute atomic E-state index is 12.3. The second-order valence-corrected chi connectivity index (χ2v) is 7.53. The number of anilines is 1. The van der Waals surface area contributed by atoms with Gasteiger partial charge in [0.05, 0.1) is 11.4 Å². The number of aryl methyl sites for hydroxylation is 1. The van der Waals surface area contributed by atoms with Crippen molar-refractivity contribution >= 4 is 34.7 Å². The number of aromatic nitrogens is 3. The molecule has 0 spiro atoms. The molecule has 146 valence electrons. The highest BCUT2D eigenvalue weighted by Crippen LogP contribution is 2.27. The number of nitrogens with one attached hydrogen (secondary N) is 1. The molecule has 0 saturated heterocycles. The zero-order valence-corrected chi connectivity index (χ0v) is 17.1. The minimum atomic E-state index is -0.274. The molecule has 4 aromatic rings. The van der Waals surface area contributed by atoms with Crippen LogP contribution in [-0.2, 0) is 4.79 Å². The van der Waals surface area contributed by atoms with Gasteiger partial charge in [0.2, 0.25) is 5.13 Å². The Hall–Kier alpha value is -3.16. The zero-order chi connectivity index (χ0) is 20.2. The van der Waals surface area contributed by atoms with Crippen LogP contribution in [0.3, 0.4) is 0 Å². The smallest absolute Gasteiger partial charge is 0.263 e. The molecule has 29 heavy (non-hydrogen) atoms. The van der Waals surface area contributed by atoms with Crippen molar-refractivity contribution in [3.8, 4) is 22.1 Å². The van der Waals surface area contributed by atoms with Gasteiger partial charge in [0.1, 0.15) is 11.6 Å². The third-order valence-electron chi connectivity index (χ3n) is 4.03. The summed E-state index contributed by atoms with van der Waals surface area (Å²) in [5.74, 6) is 0.908.